The fraction of sp³-hybridized carbons (Fsp3) is 0.429. The number of benzene rings is 1. The number of hydrogen-bond acceptors (Lipinski definition) is 3. The average Bonchev–Trinajstić information content (AvgIpc) is 2.42. The SMILES string of the molecule is CCC(CC)NC(=O)COc1cccc(C(=O)O)c1. The van der Waals surface area contributed by atoms with Gasteiger partial charge in [0, 0.05) is 6.04 Å². The third-order valence-corrected chi connectivity index (χ3v) is 2.80. The lowest BCUT2D eigenvalue weighted by Gasteiger charge is -2.15. The van der Waals surface area contributed by atoms with Gasteiger partial charge < -0.3 is 15.2 Å². The molecule has 104 valence electrons. The number of carbonyl (C=O) groups excluding carboxylic acids is 1. The molecule has 1 aromatic carbocycles. The quantitative estimate of drug-likeness (QED) is 0.791. The molecule has 0 bridgehead atoms. The van der Waals surface area contributed by atoms with E-state index in [0.29, 0.717) is 5.75 Å². The third kappa shape index (κ3) is 4.99. The number of amides is 1. The van der Waals surface area contributed by atoms with Crippen LogP contribution in [0.25, 0.3) is 0 Å². The molecule has 0 aromatic heterocycles. The van der Waals surface area contributed by atoms with Gasteiger partial charge in [0.2, 0.25) is 0 Å². The zero-order valence-corrected chi connectivity index (χ0v) is 11.2. The van der Waals surface area contributed by atoms with Crippen molar-refractivity contribution in [3.8, 4) is 5.75 Å². The Bertz CT molecular complexity index is 441. The van der Waals surface area contributed by atoms with E-state index in [9.17, 15) is 9.59 Å². The zero-order chi connectivity index (χ0) is 14.3. The van der Waals surface area contributed by atoms with Gasteiger partial charge in [-0.3, -0.25) is 4.79 Å². The maximum Gasteiger partial charge on any atom is 0.335 e. The molecule has 0 aliphatic rings. The Balaban J connectivity index is 2.50. The molecule has 0 heterocycles. The fourth-order valence-corrected chi connectivity index (χ4v) is 1.63. The Morgan fingerprint density at radius 1 is 1.32 bits per heavy atom. The average molecular weight is 265 g/mol. The number of nitrogens with one attached hydrogen (secondary N) is 1. The summed E-state index contributed by atoms with van der Waals surface area (Å²) in [6, 6.07) is 6.22. The van der Waals surface area contributed by atoms with Crippen LogP contribution in [0.1, 0.15) is 37.0 Å². The van der Waals surface area contributed by atoms with Crippen molar-refractivity contribution in [2.45, 2.75) is 32.7 Å². The molecule has 0 aliphatic heterocycles. The van der Waals surface area contributed by atoms with E-state index in [-0.39, 0.29) is 24.1 Å². The molecule has 0 radical (unpaired) electrons. The maximum absolute atomic E-state index is 11.6. The first kappa shape index (κ1) is 15.0. The van der Waals surface area contributed by atoms with Gasteiger partial charge >= 0.3 is 5.97 Å². The molecule has 1 amide bonds. The Hall–Kier alpha value is -2.04. The number of hydrogen-bond donors (Lipinski definition) is 2. The van der Waals surface area contributed by atoms with E-state index >= 15 is 0 Å². The standard InChI is InChI=1S/C14H19NO4/c1-3-11(4-2)15-13(16)9-19-12-7-5-6-10(8-12)14(17)18/h5-8,11H,3-4,9H2,1-2H3,(H,15,16)(H,17,18). The molecule has 0 unspecified atom stereocenters. The van der Waals surface area contributed by atoms with Gasteiger partial charge in [0.05, 0.1) is 5.56 Å². The molecule has 0 saturated heterocycles. The topological polar surface area (TPSA) is 75.6 Å². The molecule has 1 aromatic rings. The summed E-state index contributed by atoms with van der Waals surface area (Å²) >= 11 is 0. The second-order valence-electron chi connectivity index (χ2n) is 4.20. The van der Waals surface area contributed by atoms with E-state index in [0.717, 1.165) is 12.8 Å². The zero-order valence-electron chi connectivity index (χ0n) is 11.2. The van der Waals surface area contributed by atoms with Crippen molar-refractivity contribution < 1.29 is 19.4 Å². The van der Waals surface area contributed by atoms with Crippen LogP contribution in [0.15, 0.2) is 24.3 Å². The monoisotopic (exact) mass is 265 g/mol. The van der Waals surface area contributed by atoms with E-state index < -0.39 is 5.97 Å². The molecule has 5 nitrogen and oxygen atoms in total. The Kier molecular flexibility index (Phi) is 5.85. The molecule has 1 rings (SSSR count). The third-order valence-electron chi connectivity index (χ3n) is 2.80. The van der Waals surface area contributed by atoms with Crippen LogP contribution in [0.3, 0.4) is 0 Å². The number of carboxylic acid groups (broad SMARTS) is 1. The highest BCUT2D eigenvalue weighted by Gasteiger charge is 2.09. The lowest BCUT2D eigenvalue weighted by Crippen LogP contribution is -2.37. The van der Waals surface area contributed by atoms with Gasteiger partial charge in [-0.1, -0.05) is 19.9 Å². The molecular weight excluding hydrogens is 246 g/mol. The first-order chi connectivity index (χ1) is 9.06. The van der Waals surface area contributed by atoms with Crippen molar-refractivity contribution in [1.82, 2.24) is 5.32 Å². The highest BCUT2D eigenvalue weighted by atomic mass is 16.5. The van der Waals surface area contributed by atoms with E-state index in [1.54, 1.807) is 12.1 Å². The van der Waals surface area contributed by atoms with Gasteiger partial charge in [0.25, 0.3) is 5.91 Å². The van der Waals surface area contributed by atoms with Crippen LogP contribution < -0.4 is 10.1 Å². The van der Waals surface area contributed by atoms with Crippen LogP contribution in [0.2, 0.25) is 0 Å². The maximum atomic E-state index is 11.6. The van der Waals surface area contributed by atoms with E-state index in [2.05, 4.69) is 5.32 Å². The van der Waals surface area contributed by atoms with Crippen LogP contribution >= 0.6 is 0 Å². The smallest absolute Gasteiger partial charge is 0.335 e. The van der Waals surface area contributed by atoms with Crippen molar-refractivity contribution in [2.24, 2.45) is 0 Å². The number of carboxylic acids is 1. The number of aromatic carboxylic acids is 1. The van der Waals surface area contributed by atoms with Crippen LogP contribution in [0.5, 0.6) is 5.75 Å². The first-order valence-electron chi connectivity index (χ1n) is 6.32. The van der Waals surface area contributed by atoms with E-state index in [4.69, 9.17) is 9.84 Å². The molecule has 0 fully saturated rings. The van der Waals surface area contributed by atoms with Crippen LogP contribution in [0, 0.1) is 0 Å². The number of ether oxygens (including phenoxy) is 1. The van der Waals surface area contributed by atoms with E-state index in [1.807, 2.05) is 13.8 Å². The Morgan fingerprint density at radius 3 is 2.58 bits per heavy atom. The summed E-state index contributed by atoms with van der Waals surface area (Å²) in [5, 5.41) is 11.7. The van der Waals surface area contributed by atoms with Crippen molar-refractivity contribution in [3.63, 3.8) is 0 Å². The highest BCUT2D eigenvalue weighted by Crippen LogP contribution is 2.13. The molecule has 2 N–H and O–H groups in total. The summed E-state index contributed by atoms with van der Waals surface area (Å²) in [5.41, 5.74) is 0.137. The van der Waals surface area contributed by atoms with E-state index in [1.165, 1.54) is 12.1 Å². The molecule has 0 atom stereocenters. The van der Waals surface area contributed by atoms with Crippen molar-refractivity contribution in [1.29, 1.82) is 0 Å². The molecule has 0 spiro atoms. The van der Waals surface area contributed by atoms with Crippen LogP contribution in [-0.4, -0.2) is 29.6 Å². The minimum absolute atomic E-state index is 0.112. The summed E-state index contributed by atoms with van der Waals surface area (Å²) in [5.74, 6) is -0.846. The second-order valence-corrected chi connectivity index (χ2v) is 4.20. The lowest BCUT2D eigenvalue weighted by molar-refractivity contribution is -0.123. The molecule has 0 aliphatic carbocycles. The van der Waals surface area contributed by atoms with Crippen molar-refractivity contribution in [3.05, 3.63) is 29.8 Å². The fourth-order valence-electron chi connectivity index (χ4n) is 1.63. The van der Waals surface area contributed by atoms with Gasteiger partial charge in [-0.2, -0.15) is 0 Å². The van der Waals surface area contributed by atoms with Crippen molar-refractivity contribution >= 4 is 11.9 Å². The van der Waals surface area contributed by atoms with Gasteiger partial charge in [0.1, 0.15) is 5.75 Å². The molecular formula is C14H19NO4. The van der Waals surface area contributed by atoms with Crippen molar-refractivity contribution in [2.75, 3.05) is 6.61 Å². The second kappa shape index (κ2) is 7.41. The molecule has 0 saturated carbocycles. The summed E-state index contributed by atoms with van der Waals surface area (Å²) < 4.78 is 5.27. The van der Waals surface area contributed by atoms with Gasteiger partial charge in [-0.25, -0.2) is 4.79 Å². The van der Waals surface area contributed by atoms with Crippen LogP contribution in [-0.2, 0) is 4.79 Å². The lowest BCUT2D eigenvalue weighted by atomic mass is 10.2. The molecule has 19 heavy (non-hydrogen) atoms. The van der Waals surface area contributed by atoms with Gasteiger partial charge in [0.15, 0.2) is 6.61 Å². The predicted octanol–water partition coefficient (Wildman–Crippen LogP) is 2.07. The summed E-state index contributed by atoms with van der Waals surface area (Å²) in [4.78, 5) is 22.4. The normalized spacial score (nSPS) is 10.3. The summed E-state index contributed by atoms with van der Waals surface area (Å²) in [7, 11) is 0. The Labute approximate surface area is 112 Å². The predicted molar refractivity (Wildman–Crippen MR) is 71.4 cm³/mol. The minimum Gasteiger partial charge on any atom is -0.484 e. The highest BCUT2D eigenvalue weighted by molar-refractivity contribution is 5.88. The largest absolute Gasteiger partial charge is 0.484 e. The Morgan fingerprint density at radius 2 is 2.00 bits per heavy atom. The summed E-state index contributed by atoms with van der Waals surface area (Å²) in [6.07, 6.45) is 1.74. The number of rotatable bonds is 7. The minimum atomic E-state index is -1.02. The van der Waals surface area contributed by atoms with Crippen LogP contribution in [0.4, 0.5) is 0 Å². The molecule has 5 heteroatoms. The van der Waals surface area contributed by atoms with Gasteiger partial charge in [-0.05, 0) is 31.0 Å². The first-order valence-corrected chi connectivity index (χ1v) is 6.32. The number of carbonyl (C=O) groups is 2. The van der Waals surface area contributed by atoms with Gasteiger partial charge in [-0.15, -0.1) is 0 Å². The summed E-state index contributed by atoms with van der Waals surface area (Å²) in [6.45, 7) is 3.90.